The largest absolute Gasteiger partial charge is 0.492 e. The summed E-state index contributed by atoms with van der Waals surface area (Å²) in [5.41, 5.74) is 0.382. The van der Waals surface area contributed by atoms with Crippen molar-refractivity contribution in [1.29, 1.82) is 0 Å². The molecule has 0 aliphatic heterocycles. The Morgan fingerprint density at radius 1 is 0.871 bits per heavy atom. The van der Waals surface area contributed by atoms with E-state index in [1.165, 1.54) is 0 Å². The zero-order valence-corrected chi connectivity index (χ0v) is 19.0. The molecule has 0 aliphatic carbocycles. The molecule has 31 heavy (non-hydrogen) atoms. The van der Waals surface area contributed by atoms with Crippen LogP contribution >= 0.6 is 23.2 Å². The van der Waals surface area contributed by atoms with E-state index in [1.807, 2.05) is 13.8 Å². The van der Waals surface area contributed by atoms with Gasteiger partial charge < -0.3 is 24.8 Å². The molecule has 0 bridgehead atoms. The maximum Gasteiger partial charge on any atom is 0.251 e. The minimum atomic E-state index is -0.375. The Morgan fingerprint density at radius 3 is 2.29 bits per heavy atom. The maximum absolute atomic E-state index is 12.3. The minimum absolute atomic E-state index is 0.139. The summed E-state index contributed by atoms with van der Waals surface area (Å²) in [5.74, 6) is 0.920. The molecule has 168 valence electrons. The molecule has 0 saturated heterocycles. The van der Waals surface area contributed by atoms with E-state index in [0.717, 1.165) is 0 Å². The van der Waals surface area contributed by atoms with Crippen LogP contribution in [0, 0.1) is 0 Å². The van der Waals surface area contributed by atoms with Crippen LogP contribution in [0.3, 0.4) is 0 Å². The molecule has 0 aromatic heterocycles. The zero-order chi connectivity index (χ0) is 22.6. The van der Waals surface area contributed by atoms with Gasteiger partial charge in [0.05, 0.1) is 31.4 Å². The van der Waals surface area contributed by atoms with E-state index >= 15 is 0 Å². The molecule has 2 aromatic rings. The molecule has 2 N–H and O–H groups in total. The molecule has 0 radical (unpaired) electrons. The molecule has 0 spiro atoms. The Hall–Kier alpha value is -2.64. The number of hydrogen-bond acceptors (Lipinski definition) is 5. The Morgan fingerprint density at radius 2 is 1.58 bits per heavy atom. The number of hydrogen-bond donors (Lipinski definition) is 2. The number of rotatable bonds is 12. The number of ether oxygens (including phenoxy) is 3. The highest BCUT2D eigenvalue weighted by molar-refractivity contribution is 6.35. The van der Waals surface area contributed by atoms with Gasteiger partial charge in [-0.15, -0.1) is 0 Å². The number of benzene rings is 2. The summed E-state index contributed by atoms with van der Waals surface area (Å²) < 4.78 is 16.6. The molecule has 0 saturated carbocycles. The van der Waals surface area contributed by atoms with Crippen LogP contribution in [0.2, 0.25) is 10.0 Å². The van der Waals surface area contributed by atoms with E-state index < -0.39 is 0 Å². The van der Waals surface area contributed by atoms with Gasteiger partial charge in [-0.25, -0.2) is 0 Å². The van der Waals surface area contributed by atoms with Crippen molar-refractivity contribution in [2.75, 3.05) is 32.9 Å². The highest BCUT2D eigenvalue weighted by Gasteiger charge is 2.12. The number of carbonyl (C=O) groups is 2. The standard InChI is InChI=1S/C22H26Cl2N2O5/c1-3-29-19-8-6-15(12-20(19)30-4-2)22(28)26-14-21(27)25-10-5-11-31-18-9-7-16(23)13-17(18)24/h6-9,12-13H,3-5,10-11,14H2,1-2H3,(H,25,27)(H,26,28). The summed E-state index contributed by atoms with van der Waals surface area (Å²) >= 11 is 11.9. The molecule has 0 aliphatic rings. The molecule has 2 aromatic carbocycles. The Balaban J connectivity index is 1.71. The SMILES string of the molecule is CCOc1ccc(C(=O)NCC(=O)NCCCOc2ccc(Cl)cc2Cl)cc1OCC. The predicted octanol–water partition coefficient (Wildman–Crippen LogP) is 4.11. The fourth-order valence-electron chi connectivity index (χ4n) is 2.59. The van der Waals surface area contributed by atoms with E-state index in [1.54, 1.807) is 36.4 Å². The average molecular weight is 469 g/mol. The van der Waals surface area contributed by atoms with Gasteiger partial charge in [-0.3, -0.25) is 9.59 Å². The van der Waals surface area contributed by atoms with Crippen molar-refractivity contribution in [1.82, 2.24) is 10.6 Å². The van der Waals surface area contributed by atoms with E-state index in [0.29, 0.717) is 65.6 Å². The molecule has 7 nitrogen and oxygen atoms in total. The Labute approximate surface area is 192 Å². The van der Waals surface area contributed by atoms with Crippen LogP contribution in [0.25, 0.3) is 0 Å². The first kappa shape index (κ1) is 24.6. The summed E-state index contributed by atoms with van der Waals surface area (Å²) in [7, 11) is 0. The van der Waals surface area contributed by atoms with Gasteiger partial charge in [0.2, 0.25) is 5.91 Å². The molecule has 0 heterocycles. The maximum atomic E-state index is 12.3. The lowest BCUT2D eigenvalue weighted by molar-refractivity contribution is -0.120. The predicted molar refractivity (Wildman–Crippen MR) is 121 cm³/mol. The van der Waals surface area contributed by atoms with E-state index in [2.05, 4.69) is 10.6 Å². The second kappa shape index (κ2) is 12.9. The molecule has 0 atom stereocenters. The van der Waals surface area contributed by atoms with Gasteiger partial charge in [-0.2, -0.15) is 0 Å². The second-order valence-electron chi connectivity index (χ2n) is 6.34. The molecular formula is C22H26Cl2N2O5. The first-order valence-electron chi connectivity index (χ1n) is 9.97. The molecule has 2 rings (SSSR count). The van der Waals surface area contributed by atoms with Gasteiger partial charge in [0.25, 0.3) is 5.91 Å². The number of halogens is 2. The third-order valence-corrected chi connectivity index (χ3v) is 4.54. The first-order chi connectivity index (χ1) is 14.9. The van der Waals surface area contributed by atoms with Crippen LogP contribution in [-0.4, -0.2) is 44.7 Å². The summed E-state index contributed by atoms with van der Waals surface area (Å²) in [6, 6.07) is 9.88. The number of amides is 2. The van der Waals surface area contributed by atoms with Crippen molar-refractivity contribution in [2.45, 2.75) is 20.3 Å². The number of carbonyl (C=O) groups excluding carboxylic acids is 2. The van der Waals surface area contributed by atoms with Crippen LogP contribution < -0.4 is 24.8 Å². The van der Waals surface area contributed by atoms with Gasteiger partial charge >= 0.3 is 0 Å². The monoisotopic (exact) mass is 468 g/mol. The van der Waals surface area contributed by atoms with Crippen molar-refractivity contribution in [3.8, 4) is 17.2 Å². The highest BCUT2D eigenvalue weighted by Crippen LogP contribution is 2.29. The second-order valence-corrected chi connectivity index (χ2v) is 7.18. The topological polar surface area (TPSA) is 85.9 Å². The van der Waals surface area contributed by atoms with Crippen molar-refractivity contribution < 1.29 is 23.8 Å². The third-order valence-electron chi connectivity index (χ3n) is 4.01. The molecule has 0 fully saturated rings. The fourth-order valence-corrected chi connectivity index (χ4v) is 3.05. The average Bonchev–Trinajstić information content (AvgIpc) is 2.74. The van der Waals surface area contributed by atoms with Crippen molar-refractivity contribution in [2.24, 2.45) is 0 Å². The van der Waals surface area contributed by atoms with Gasteiger partial charge in [0, 0.05) is 17.1 Å². The smallest absolute Gasteiger partial charge is 0.251 e. The van der Waals surface area contributed by atoms with Gasteiger partial charge in [0.1, 0.15) is 5.75 Å². The Bertz CT molecular complexity index is 892. The van der Waals surface area contributed by atoms with Crippen molar-refractivity contribution >= 4 is 35.0 Å². The van der Waals surface area contributed by atoms with E-state index in [-0.39, 0.29) is 18.4 Å². The molecule has 9 heteroatoms. The van der Waals surface area contributed by atoms with Crippen LogP contribution in [-0.2, 0) is 4.79 Å². The van der Waals surface area contributed by atoms with Gasteiger partial charge in [-0.1, -0.05) is 23.2 Å². The van der Waals surface area contributed by atoms with E-state index in [4.69, 9.17) is 37.4 Å². The third kappa shape index (κ3) is 8.19. The lowest BCUT2D eigenvalue weighted by Crippen LogP contribution is -2.37. The fraction of sp³-hybridized carbons (Fsp3) is 0.364. The molecular weight excluding hydrogens is 443 g/mol. The van der Waals surface area contributed by atoms with Crippen LogP contribution in [0.15, 0.2) is 36.4 Å². The van der Waals surface area contributed by atoms with Crippen LogP contribution in [0.4, 0.5) is 0 Å². The van der Waals surface area contributed by atoms with Crippen molar-refractivity contribution in [3.05, 3.63) is 52.0 Å². The van der Waals surface area contributed by atoms with Crippen molar-refractivity contribution in [3.63, 3.8) is 0 Å². The van der Waals surface area contributed by atoms with Gasteiger partial charge in [0.15, 0.2) is 11.5 Å². The summed E-state index contributed by atoms with van der Waals surface area (Å²) in [4.78, 5) is 24.3. The quantitative estimate of drug-likeness (QED) is 0.457. The number of nitrogens with one attached hydrogen (secondary N) is 2. The lowest BCUT2D eigenvalue weighted by atomic mass is 10.2. The van der Waals surface area contributed by atoms with E-state index in [9.17, 15) is 9.59 Å². The van der Waals surface area contributed by atoms with Crippen LogP contribution in [0.5, 0.6) is 17.2 Å². The summed E-state index contributed by atoms with van der Waals surface area (Å²) in [6.07, 6.45) is 0.579. The van der Waals surface area contributed by atoms with Gasteiger partial charge in [-0.05, 0) is 56.7 Å². The first-order valence-corrected chi connectivity index (χ1v) is 10.7. The molecule has 0 unspecified atom stereocenters. The lowest BCUT2D eigenvalue weighted by Gasteiger charge is -2.12. The molecule has 2 amide bonds. The summed E-state index contributed by atoms with van der Waals surface area (Å²) in [6.45, 7) is 5.29. The summed E-state index contributed by atoms with van der Waals surface area (Å²) in [5, 5.41) is 6.28. The zero-order valence-electron chi connectivity index (χ0n) is 17.5. The minimum Gasteiger partial charge on any atom is -0.492 e. The normalized spacial score (nSPS) is 10.3. The Kier molecular flexibility index (Phi) is 10.3. The highest BCUT2D eigenvalue weighted by atomic mass is 35.5. The van der Waals surface area contributed by atoms with Crippen LogP contribution in [0.1, 0.15) is 30.6 Å².